The second-order valence-electron chi connectivity index (χ2n) is 8.85. The molecule has 2 fully saturated rings. The number of aryl methyl sites for hydroxylation is 1. The predicted molar refractivity (Wildman–Crippen MR) is 133 cm³/mol. The third kappa shape index (κ3) is 4.92. The van der Waals surface area contributed by atoms with Gasteiger partial charge >= 0.3 is 0 Å². The number of aromatic nitrogens is 5. The number of hydrogen-bond acceptors (Lipinski definition) is 10. The molecule has 4 N–H and O–H groups in total. The molecule has 6 atom stereocenters. The van der Waals surface area contributed by atoms with Gasteiger partial charge in [0.1, 0.15) is 18.0 Å². The van der Waals surface area contributed by atoms with E-state index in [9.17, 15) is 14.6 Å². The number of thioether (sulfide) groups is 1. The Morgan fingerprint density at radius 3 is 2.89 bits per heavy atom. The summed E-state index contributed by atoms with van der Waals surface area (Å²) in [6.07, 6.45) is -5.23. The Kier molecular flexibility index (Phi) is 5.77. The molecule has 36 heavy (non-hydrogen) atoms. The highest BCUT2D eigenvalue weighted by molar-refractivity contribution is 7.99. The average molecular weight is 524 g/mol. The minimum absolute atomic E-state index is 0.0397. The van der Waals surface area contributed by atoms with Crippen molar-refractivity contribution in [1.82, 2.24) is 25.0 Å². The van der Waals surface area contributed by atoms with Gasteiger partial charge in [-0.2, -0.15) is 0 Å². The van der Waals surface area contributed by atoms with Gasteiger partial charge in [0.2, 0.25) is 0 Å². The van der Waals surface area contributed by atoms with E-state index in [2.05, 4.69) is 25.6 Å². The van der Waals surface area contributed by atoms with Crippen LogP contribution < -0.4 is 5.32 Å². The number of aliphatic hydroxyl groups excluding tert-OH is 3. The van der Waals surface area contributed by atoms with Crippen LogP contribution in [0.1, 0.15) is 56.1 Å². The van der Waals surface area contributed by atoms with E-state index in [1.165, 1.54) is 10.7 Å². The Balaban J connectivity index is 1.52. The van der Waals surface area contributed by atoms with Gasteiger partial charge in [-0.1, -0.05) is 36.0 Å². The Hall–Kier alpha value is -2.38. The summed E-state index contributed by atoms with van der Waals surface area (Å²) in [6.45, 7) is 2.44. The SMILES string of the molecule is [2H]C([2H])(C)C([2H])([2H])Sc1nc(N[C@]2([2H])C[C@H]2c2ccc(C)c(F)c2)c2nnn([C@@H]3C[C@H](OCCO)[C@@H](O)[C@H]3O)c2n1. The van der Waals surface area contributed by atoms with Crippen LogP contribution >= 0.6 is 11.8 Å². The highest BCUT2D eigenvalue weighted by atomic mass is 32.2. The normalized spacial score (nSPS) is 32.5. The molecular formula is C24H31FN6O4S. The molecule has 2 aliphatic carbocycles. The number of fused-ring (bicyclic) bond motifs is 1. The summed E-state index contributed by atoms with van der Waals surface area (Å²) in [5.41, 5.74) is -1.14. The number of aliphatic hydroxyl groups is 3. The summed E-state index contributed by atoms with van der Waals surface area (Å²) >= 11 is 0.449. The zero-order valence-corrected chi connectivity index (χ0v) is 20.5. The smallest absolute Gasteiger partial charge is 0.191 e. The van der Waals surface area contributed by atoms with Gasteiger partial charge < -0.3 is 25.4 Å². The van der Waals surface area contributed by atoms with Gasteiger partial charge in [0.25, 0.3) is 0 Å². The molecule has 5 rings (SSSR count). The van der Waals surface area contributed by atoms with Crippen molar-refractivity contribution < 1.29 is 31.3 Å². The van der Waals surface area contributed by atoms with E-state index in [1.807, 2.05) is 0 Å². The zero-order valence-electron chi connectivity index (χ0n) is 24.7. The van der Waals surface area contributed by atoms with Crippen molar-refractivity contribution in [3.05, 3.63) is 35.1 Å². The largest absolute Gasteiger partial charge is 0.394 e. The molecule has 2 heterocycles. The highest BCUT2D eigenvalue weighted by Crippen LogP contribution is 2.44. The van der Waals surface area contributed by atoms with Crippen molar-refractivity contribution in [2.45, 2.75) is 74.5 Å². The van der Waals surface area contributed by atoms with Crippen LogP contribution in [0.3, 0.4) is 0 Å². The van der Waals surface area contributed by atoms with Crippen molar-refractivity contribution in [3.8, 4) is 0 Å². The quantitative estimate of drug-likeness (QED) is 0.231. The van der Waals surface area contributed by atoms with E-state index in [4.69, 9.17) is 16.7 Å². The molecule has 0 unspecified atom stereocenters. The molecule has 2 aliphatic rings. The second-order valence-corrected chi connectivity index (χ2v) is 9.62. The van der Waals surface area contributed by atoms with E-state index in [-0.39, 0.29) is 53.5 Å². The van der Waals surface area contributed by atoms with Crippen LogP contribution in [0.5, 0.6) is 0 Å². The number of ether oxygens (including phenoxy) is 1. The number of hydrogen-bond donors (Lipinski definition) is 4. The first-order chi connectivity index (χ1) is 19.1. The topological polar surface area (TPSA) is 138 Å². The molecule has 12 heteroatoms. The lowest BCUT2D eigenvalue weighted by molar-refractivity contribution is -0.0629. The summed E-state index contributed by atoms with van der Waals surface area (Å²) in [6, 6.07) is 2.66. The lowest BCUT2D eigenvalue weighted by Gasteiger charge is -2.17. The summed E-state index contributed by atoms with van der Waals surface area (Å²) < 4.78 is 62.2. The fourth-order valence-electron chi connectivity index (χ4n) is 4.44. The minimum Gasteiger partial charge on any atom is -0.394 e. The maximum Gasteiger partial charge on any atom is 0.191 e. The van der Waals surface area contributed by atoms with Crippen LogP contribution in [-0.2, 0) is 4.74 Å². The number of anilines is 1. The van der Waals surface area contributed by atoms with E-state index < -0.39 is 42.4 Å². The van der Waals surface area contributed by atoms with Gasteiger partial charge in [-0.25, -0.2) is 19.0 Å². The van der Waals surface area contributed by atoms with Crippen molar-refractivity contribution >= 4 is 28.7 Å². The molecule has 2 aromatic heterocycles. The van der Waals surface area contributed by atoms with Gasteiger partial charge in [0.05, 0.1) is 26.7 Å². The van der Waals surface area contributed by atoms with E-state index in [0.717, 1.165) is 6.92 Å². The van der Waals surface area contributed by atoms with Crippen LogP contribution in [-0.4, -0.2) is 83.5 Å². The van der Waals surface area contributed by atoms with Crippen LogP contribution in [0.15, 0.2) is 23.4 Å². The van der Waals surface area contributed by atoms with Gasteiger partial charge in [-0.3, -0.25) is 0 Å². The summed E-state index contributed by atoms with van der Waals surface area (Å²) in [5.74, 6) is -0.707. The number of halogens is 1. The molecule has 0 amide bonds. The molecule has 0 bridgehead atoms. The molecule has 0 radical (unpaired) electrons. The highest BCUT2D eigenvalue weighted by Gasteiger charge is 2.45. The molecular weight excluding hydrogens is 487 g/mol. The second kappa shape index (κ2) is 10.5. The van der Waals surface area contributed by atoms with Gasteiger partial charge in [-0.15, -0.1) is 5.10 Å². The van der Waals surface area contributed by atoms with Crippen LogP contribution in [0.2, 0.25) is 0 Å². The van der Waals surface area contributed by atoms with E-state index >= 15 is 0 Å². The third-order valence-electron chi connectivity index (χ3n) is 6.45. The standard InChI is InChI=1S/C24H31FN6O4S/c1-3-8-36-24-27-22(26-16-10-14(16)13-5-4-12(2)15(25)9-13)19-23(28-24)31(30-29-19)17-11-18(35-7-6-32)21(34)20(17)33/h4-5,9,14,16-18,20-21,32-34H,3,6-8,10-11H2,1-2H3,(H,26,27,28)/t14-,16+,17+,18-,20-,21+/m0/s1/i3D2,8D2,16D. The van der Waals surface area contributed by atoms with Crippen molar-refractivity contribution in [3.63, 3.8) is 0 Å². The monoisotopic (exact) mass is 523 g/mol. The lowest BCUT2D eigenvalue weighted by Crippen LogP contribution is -2.33. The zero-order chi connectivity index (χ0) is 29.9. The molecule has 0 spiro atoms. The van der Waals surface area contributed by atoms with Crippen molar-refractivity contribution in [2.24, 2.45) is 0 Å². The van der Waals surface area contributed by atoms with Crippen molar-refractivity contribution in [2.75, 3.05) is 24.2 Å². The molecule has 0 aliphatic heterocycles. The maximum absolute atomic E-state index is 14.2. The molecule has 0 saturated heterocycles. The summed E-state index contributed by atoms with van der Waals surface area (Å²) in [4.78, 5) is 8.77. The molecule has 3 aromatic rings. The van der Waals surface area contributed by atoms with E-state index in [1.54, 1.807) is 19.1 Å². The Labute approximate surface area is 219 Å². The third-order valence-corrected chi connectivity index (χ3v) is 7.12. The molecule has 1 aromatic carbocycles. The number of nitrogens with zero attached hydrogens (tertiary/aromatic N) is 5. The maximum atomic E-state index is 14.2. The minimum atomic E-state index is -2.44. The van der Waals surface area contributed by atoms with Crippen molar-refractivity contribution in [1.29, 1.82) is 0 Å². The Morgan fingerprint density at radius 2 is 2.14 bits per heavy atom. The number of nitrogens with one attached hydrogen (secondary N) is 1. The number of benzene rings is 1. The Morgan fingerprint density at radius 1 is 1.31 bits per heavy atom. The first kappa shape index (κ1) is 19.7. The number of rotatable bonds is 10. The summed E-state index contributed by atoms with van der Waals surface area (Å²) in [7, 11) is 0. The average Bonchev–Trinajstić information content (AvgIpc) is 3.22. The summed E-state index contributed by atoms with van der Waals surface area (Å²) in [5, 5.41) is 41.5. The first-order valence-electron chi connectivity index (χ1n) is 14.1. The van der Waals surface area contributed by atoms with Crippen LogP contribution in [0.4, 0.5) is 10.2 Å². The molecule has 2 saturated carbocycles. The van der Waals surface area contributed by atoms with Crippen LogP contribution in [0, 0.1) is 12.7 Å². The van der Waals surface area contributed by atoms with E-state index in [0.29, 0.717) is 29.3 Å². The molecule has 10 nitrogen and oxygen atoms in total. The lowest BCUT2D eigenvalue weighted by atomic mass is 10.1. The van der Waals surface area contributed by atoms with Crippen LogP contribution in [0.25, 0.3) is 11.2 Å². The van der Waals surface area contributed by atoms with Gasteiger partial charge in [-0.05, 0) is 36.9 Å². The van der Waals surface area contributed by atoms with Gasteiger partial charge in [0, 0.05) is 29.5 Å². The molecule has 194 valence electrons. The predicted octanol–water partition coefficient (Wildman–Crippen LogP) is 2.18. The fourth-order valence-corrected chi connectivity index (χ4v) is 4.90. The Bertz CT molecular complexity index is 1450. The fraction of sp³-hybridized carbons (Fsp3) is 0.583. The first-order valence-corrected chi connectivity index (χ1v) is 12.4. The van der Waals surface area contributed by atoms with Gasteiger partial charge in [0.15, 0.2) is 22.1 Å².